The molecular weight excluding hydrogens is 1270 g/mol. The Morgan fingerprint density at radius 2 is 1.21 bits per heavy atom. The zero-order chi connectivity index (χ0) is 63.7. The van der Waals surface area contributed by atoms with Crippen molar-refractivity contribution in [2.45, 2.75) is 115 Å². The third-order valence-electron chi connectivity index (χ3n) is 11.8. The zero-order valence-electron chi connectivity index (χ0n) is 50.7. The van der Waals surface area contributed by atoms with E-state index in [1.165, 1.54) is 46.1 Å². The molecule has 0 atom stereocenters. The number of carboxylic acids is 1. The van der Waals surface area contributed by atoms with Gasteiger partial charge in [0.2, 0.25) is 10.0 Å². The third-order valence-corrected chi connectivity index (χ3v) is 15.0. The molecule has 28 nitrogen and oxygen atoms in total. The predicted octanol–water partition coefficient (Wildman–Crippen LogP) is -3.59. The molecule has 0 spiro atoms. The first kappa shape index (κ1) is 81.2. The summed E-state index contributed by atoms with van der Waals surface area (Å²) in [5.41, 5.74) is 1.91. The number of H-pyrrole nitrogens is 2. The Morgan fingerprint density at radius 1 is 0.816 bits per heavy atom. The van der Waals surface area contributed by atoms with Crippen LogP contribution in [0.1, 0.15) is 84.8 Å². The summed E-state index contributed by atoms with van der Waals surface area (Å²) >= 11 is 0. The van der Waals surface area contributed by atoms with Gasteiger partial charge in [0.15, 0.2) is 22.7 Å². The number of aliphatic hydroxyl groups excluding tert-OH is 2. The number of aryl methyl sites for hydroxylation is 4. The number of aliphatic carboxylic acids is 1. The first-order valence-corrected chi connectivity index (χ1v) is 30.2. The molecule has 0 unspecified atom stereocenters. The maximum absolute atomic E-state index is 13.3. The summed E-state index contributed by atoms with van der Waals surface area (Å²) in [5.74, 6) is -0.218. The number of carbonyl (C=O) groups excluding carboxylic acids is 1. The van der Waals surface area contributed by atoms with E-state index in [9.17, 15) is 39.6 Å². The van der Waals surface area contributed by atoms with E-state index in [0.29, 0.717) is 121 Å². The fourth-order valence-electron chi connectivity index (χ4n) is 7.86. The van der Waals surface area contributed by atoms with Crippen molar-refractivity contribution in [1.82, 2.24) is 59.4 Å². The molecule has 0 amide bonds. The maximum atomic E-state index is 13.3. The average molecular weight is 1340 g/mol. The van der Waals surface area contributed by atoms with Gasteiger partial charge >= 0.3 is 115 Å². The van der Waals surface area contributed by atoms with Gasteiger partial charge in [0.1, 0.15) is 23.1 Å². The molecule has 4 aromatic heterocycles. The Morgan fingerprint density at radius 3 is 1.54 bits per heavy atom. The van der Waals surface area contributed by atoms with Crippen molar-refractivity contribution in [3.05, 3.63) is 80.1 Å². The topological polar surface area (TPSA) is 403 Å². The number of rotatable bonds is 22. The molecule has 2 aliphatic rings. The number of aromatic amines is 2. The molecule has 0 bridgehead atoms. The van der Waals surface area contributed by atoms with Gasteiger partial charge in [-0.2, -0.15) is 22.7 Å². The van der Waals surface area contributed by atoms with Crippen molar-refractivity contribution in [3.8, 4) is 40.3 Å². The van der Waals surface area contributed by atoms with Crippen molar-refractivity contribution in [2.75, 3.05) is 65.7 Å². The predicted molar refractivity (Wildman–Crippen MR) is 303 cm³/mol. The summed E-state index contributed by atoms with van der Waals surface area (Å²) in [5, 5.41) is 59.0. The molecule has 6 aromatic rings. The second-order valence-corrected chi connectivity index (χ2v) is 22.6. The third kappa shape index (κ3) is 24.4. The normalized spacial score (nSPS) is 13.0. The van der Waals surface area contributed by atoms with Gasteiger partial charge in [-0.05, 0) is 103 Å². The number of benzene rings is 2. The Balaban J connectivity index is 0.00000125. The van der Waals surface area contributed by atoms with Crippen molar-refractivity contribution in [3.63, 3.8) is 0 Å². The minimum Gasteiger partial charge on any atom is -1.00 e. The van der Waals surface area contributed by atoms with Crippen LogP contribution in [-0.2, 0) is 46.4 Å². The Bertz CT molecular complexity index is 3550. The number of carbonyl (C=O) groups is 2. The average Bonchev–Trinajstić information content (AvgIpc) is 4.04. The van der Waals surface area contributed by atoms with Gasteiger partial charge in [0.05, 0.1) is 51.6 Å². The van der Waals surface area contributed by atoms with Gasteiger partial charge in [0.25, 0.3) is 26.6 Å². The fraction of sp³-hybridized carbons (Fsp3) is 0.510. The van der Waals surface area contributed by atoms with E-state index in [4.69, 9.17) is 55.6 Å². The van der Waals surface area contributed by atoms with Gasteiger partial charge in [-0.15, -0.1) is 10.2 Å². The second-order valence-electron chi connectivity index (χ2n) is 18.1. The van der Waals surface area contributed by atoms with Crippen LogP contribution in [0.2, 0.25) is 0 Å². The number of carboxylic acid groups (broad SMARTS) is 1. The van der Waals surface area contributed by atoms with Crippen LogP contribution < -0.4 is 145 Å². The summed E-state index contributed by atoms with van der Waals surface area (Å²) in [6.45, 7) is 18.0. The minimum absolute atomic E-state index is 0. The Kier molecular flexibility index (Phi) is 37.4. The van der Waals surface area contributed by atoms with Crippen LogP contribution in [0.25, 0.3) is 33.8 Å². The smallest absolute Gasteiger partial charge is 1.00 e. The van der Waals surface area contributed by atoms with E-state index in [-0.39, 0.29) is 156 Å². The largest absolute Gasteiger partial charge is 1.00 e. The molecule has 2 aliphatic heterocycles. The van der Waals surface area contributed by atoms with Gasteiger partial charge in [0, 0.05) is 81.9 Å². The second kappa shape index (κ2) is 40.1. The summed E-state index contributed by atoms with van der Waals surface area (Å²) in [6.07, 6.45) is -0.605. The SMILES string of the molecule is CC#N.CCCc1nc(C)c2c(=O)[nH]c(-c3cc(S(=O)(=O)Cl)ccc3OCC)nn12.CCCc1nc(C)c2c(=O)[nH]c(-c3cc(S(=O)(=O)N4CC(NCCCO)C4)ccc3OCC)nn12.O=C(O)C(F)(F)F.O=CO[O-].OCCCNC1CNC1.[H-].[K+].[K+]. The van der Waals surface area contributed by atoms with Crippen LogP contribution in [0, 0.1) is 25.2 Å². The van der Waals surface area contributed by atoms with Crippen molar-refractivity contribution >= 4 is 53.2 Å². The van der Waals surface area contributed by atoms with Crippen LogP contribution >= 0.6 is 10.7 Å². The Labute approximate surface area is 591 Å². The van der Waals surface area contributed by atoms with Crippen LogP contribution in [0.3, 0.4) is 0 Å². The summed E-state index contributed by atoms with van der Waals surface area (Å²) in [7, 11) is -2.23. The van der Waals surface area contributed by atoms with Gasteiger partial charge < -0.3 is 62.3 Å². The molecule has 2 fully saturated rings. The molecule has 6 heterocycles. The number of alkyl halides is 3. The van der Waals surface area contributed by atoms with Crippen LogP contribution in [0.4, 0.5) is 13.2 Å². The summed E-state index contributed by atoms with van der Waals surface area (Å²) in [6, 6.07) is 11.2. The van der Waals surface area contributed by atoms with E-state index >= 15 is 0 Å². The molecule has 2 saturated heterocycles. The van der Waals surface area contributed by atoms with E-state index in [0.717, 1.165) is 38.9 Å². The van der Waals surface area contributed by atoms with E-state index in [1.54, 1.807) is 37.4 Å². The standard InChI is InChI=1S/C23H32N6O5S.C17H19ClN4O4S.C6H14N2O.C2HF3O2.C2H3N.CH2O3.2K.H/c1-4-7-20-25-15(3)21-23(31)26-22(27-29(20)21)18-12-17(8-9-19(18)34-5-2)35(32,33)28-13-16(14-28)24-10-6-11-30;1-4-6-14-19-10(3)15-17(23)20-16(21-22(14)15)12-9-11(27(18,24)25)7-8-13(12)26-5-2;9-3-1-2-8-6-4-7-5-6;3-2(4,5)1(6)7;1-2-3;2-1-4-3;;;/h8-9,12,16,24,30H,4-7,10-11,13-14H2,1-3H3,(H,26,27,31);7-9H,4-6H2,1-3H3,(H,20,21,23);6-9H,1-5H2;(H,6,7);1H3;1,3H;;;/q;;;;;;2*+1;-1/p-1. The van der Waals surface area contributed by atoms with Crippen molar-refractivity contribution in [2.24, 2.45) is 0 Å². The number of nitrogens with one attached hydrogen (secondary N) is 5. The van der Waals surface area contributed by atoms with E-state index in [1.807, 2.05) is 20.8 Å². The molecule has 8 N–H and O–H groups in total. The molecule has 87 heavy (non-hydrogen) atoms. The number of hydrogen-bond donors (Lipinski definition) is 8. The summed E-state index contributed by atoms with van der Waals surface area (Å²) in [4.78, 5) is 60.1. The number of hydrogen-bond acceptors (Lipinski definition) is 22. The van der Waals surface area contributed by atoms with E-state index in [2.05, 4.69) is 51.0 Å². The fourth-order valence-corrected chi connectivity index (χ4v) is 10.2. The number of fused-ring (bicyclic) bond motifs is 2. The number of imidazole rings is 2. The number of sulfonamides is 1. The van der Waals surface area contributed by atoms with Gasteiger partial charge in [-0.25, -0.2) is 40.6 Å². The van der Waals surface area contributed by atoms with E-state index < -0.39 is 31.2 Å². The number of halogens is 4. The number of aliphatic hydroxyl groups is 2. The quantitative estimate of drug-likeness (QED) is 0.00813. The van der Waals surface area contributed by atoms with Crippen molar-refractivity contribution in [1.29, 1.82) is 5.26 Å². The molecule has 8 rings (SSSR count). The monoisotopic (exact) mass is 1340 g/mol. The molecular formula is C51H71ClF3K2N13O15S2. The number of aromatic nitrogens is 8. The van der Waals surface area contributed by atoms with Crippen LogP contribution in [-0.4, -0.2) is 172 Å². The van der Waals surface area contributed by atoms with Gasteiger partial charge in [-0.1, -0.05) is 13.8 Å². The molecule has 472 valence electrons. The molecule has 0 aliphatic carbocycles. The van der Waals surface area contributed by atoms with Crippen molar-refractivity contribution < 1.29 is 179 Å². The first-order valence-electron chi connectivity index (χ1n) is 26.4. The van der Waals surface area contributed by atoms with Crippen LogP contribution in [0.15, 0.2) is 55.8 Å². The first-order chi connectivity index (χ1) is 40.3. The zero-order valence-corrected chi connectivity index (χ0v) is 58.3. The number of nitriles is 1. The number of nitrogens with zero attached hydrogens (tertiary/aromatic N) is 8. The minimum atomic E-state index is -5.08. The molecule has 0 saturated carbocycles. The molecule has 36 heteroatoms. The number of ether oxygens (including phenoxy) is 2. The van der Waals surface area contributed by atoms with Gasteiger partial charge in [-0.3, -0.25) is 14.4 Å². The summed E-state index contributed by atoms with van der Waals surface area (Å²) < 4.78 is 97.5. The maximum Gasteiger partial charge on any atom is 1.00 e. The molecule has 0 radical (unpaired) electrons. The molecule has 2 aromatic carbocycles. The van der Waals surface area contributed by atoms with Crippen LogP contribution in [0.5, 0.6) is 11.5 Å². The Hall–Kier alpha value is -3.86.